The molecule has 254 valence electrons. The van der Waals surface area contributed by atoms with Gasteiger partial charge < -0.3 is 9.32 Å². The lowest BCUT2D eigenvalue weighted by Gasteiger charge is -2.29. The van der Waals surface area contributed by atoms with E-state index in [0.29, 0.717) is 0 Å². The Morgan fingerprint density at radius 2 is 0.907 bits per heavy atom. The molecule has 0 saturated heterocycles. The molecule has 0 amide bonds. The van der Waals surface area contributed by atoms with Gasteiger partial charge in [0.1, 0.15) is 5.58 Å². The Morgan fingerprint density at radius 1 is 0.315 bits per heavy atom. The molecule has 2 heteroatoms. The second kappa shape index (κ2) is 13.4. The van der Waals surface area contributed by atoms with Gasteiger partial charge in [-0.3, -0.25) is 0 Å². The molecule has 0 atom stereocenters. The average Bonchev–Trinajstić information content (AvgIpc) is 3.64. The molecule has 10 aromatic rings. The number of benzene rings is 9. The molecule has 2 nitrogen and oxygen atoms in total. The minimum atomic E-state index is 0.853. The summed E-state index contributed by atoms with van der Waals surface area (Å²) >= 11 is 0. The highest BCUT2D eigenvalue weighted by atomic mass is 16.3. The minimum Gasteiger partial charge on any atom is -0.454 e. The number of anilines is 3. The van der Waals surface area contributed by atoms with E-state index in [1.165, 1.54) is 33.0 Å². The molecule has 0 aliphatic carbocycles. The van der Waals surface area contributed by atoms with E-state index in [4.69, 9.17) is 4.42 Å². The molecule has 0 aliphatic heterocycles. The molecule has 0 spiro atoms. The first-order valence-corrected chi connectivity index (χ1v) is 18.4. The van der Waals surface area contributed by atoms with Gasteiger partial charge in [0.25, 0.3) is 0 Å². The fourth-order valence-electron chi connectivity index (χ4n) is 7.94. The van der Waals surface area contributed by atoms with Crippen molar-refractivity contribution in [2.75, 3.05) is 4.90 Å². The number of hydrogen-bond donors (Lipinski definition) is 0. The van der Waals surface area contributed by atoms with Crippen molar-refractivity contribution in [1.82, 2.24) is 0 Å². The molecule has 0 bridgehead atoms. The lowest BCUT2D eigenvalue weighted by atomic mass is 9.92. The Bertz CT molecular complexity index is 2930. The number of fused-ring (bicyclic) bond motifs is 4. The SMILES string of the molecule is c1ccc(-c2ccc(N(c3ccccc3-c3ccc4cccc(-c5ccccc5)c4c3)c3cccc4c3oc3ccccc34)cc2-c2ccccc2)cc1. The largest absolute Gasteiger partial charge is 0.454 e. The molecule has 54 heavy (non-hydrogen) atoms. The Labute approximate surface area is 314 Å². The first-order valence-electron chi connectivity index (χ1n) is 18.4. The molecular formula is C52H35NO. The predicted octanol–water partition coefficient (Wildman–Crippen LogP) is 14.9. The van der Waals surface area contributed by atoms with Gasteiger partial charge >= 0.3 is 0 Å². The standard InChI is InChI=1S/C52H35NO/c1-4-16-36(17-5-1)42-25-14-22-39-30-31-40(34-47(39)42)44-23-10-12-27-49(44)53(50-28-15-26-46-45-24-11-13-29-51(45)54-52(46)50)41-32-33-43(37-18-6-2-7-19-37)48(35-41)38-20-8-3-9-21-38/h1-35H. The molecule has 0 fully saturated rings. The van der Waals surface area contributed by atoms with E-state index in [9.17, 15) is 0 Å². The van der Waals surface area contributed by atoms with Crippen LogP contribution in [0.1, 0.15) is 0 Å². The topological polar surface area (TPSA) is 16.4 Å². The zero-order chi connectivity index (χ0) is 35.8. The Morgan fingerprint density at radius 3 is 1.69 bits per heavy atom. The van der Waals surface area contributed by atoms with Crippen LogP contribution in [0, 0.1) is 0 Å². The van der Waals surface area contributed by atoms with Crippen LogP contribution in [0.4, 0.5) is 17.1 Å². The second-order valence-electron chi connectivity index (χ2n) is 13.7. The Hall–Kier alpha value is -7.16. The average molecular weight is 690 g/mol. The summed E-state index contributed by atoms with van der Waals surface area (Å²) in [4.78, 5) is 2.38. The monoisotopic (exact) mass is 689 g/mol. The van der Waals surface area contributed by atoms with Crippen LogP contribution in [-0.2, 0) is 0 Å². The number of rotatable bonds is 7. The van der Waals surface area contributed by atoms with Gasteiger partial charge in [0, 0.05) is 22.0 Å². The smallest absolute Gasteiger partial charge is 0.159 e. The van der Waals surface area contributed by atoms with Crippen LogP contribution in [0.15, 0.2) is 217 Å². The van der Waals surface area contributed by atoms with Crippen molar-refractivity contribution in [2.45, 2.75) is 0 Å². The highest BCUT2D eigenvalue weighted by Crippen LogP contribution is 2.47. The van der Waals surface area contributed by atoms with Gasteiger partial charge in [0.2, 0.25) is 0 Å². The van der Waals surface area contributed by atoms with Gasteiger partial charge in [0.05, 0.1) is 11.4 Å². The number of nitrogens with zero attached hydrogens (tertiary/aromatic N) is 1. The fraction of sp³-hybridized carbons (Fsp3) is 0. The van der Waals surface area contributed by atoms with Crippen molar-refractivity contribution in [3.63, 3.8) is 0 Å². The van der Waals surface area contributed by atoms with Crippen molar-refractivity contribution in [3.05, 3.63) is 212 Å². The zero-order valence-electron chi connectivity index (χ0n) is 29.6. The summed E-state index contributed by atoms with van der Waals surface area (Å²) in [5.41, 5.74) is 14.2. The van der Waals surface area contributed by atoms with Gasteiger partial charge in [-0.15, -0.1) is 0 Å². The van der Waals surface area contributed by atoms with Crippen molar-refractivity contribution in [1.29, 1.82) is 0 Å². The van der Waals surface area contributed by atoms with E-state index in [0.717, 1.165) is 61.3 Å². The van der Waals surface area contributed by atoms with Crippen LogP contribution in [-0.4, -0.2) is 0 Å². The van der Waals surface area contributed by atoms with E-state index < -0.39 is 0 Å². The summed E-state index contributed by atoms with van der Waals surface area (Å²) in [5.74, 6) is 0. The summed E-state index contributed by atoms with van der Waals surface area (Å²) in [7, 11) is 0. The molecule has 1 aromatic heterocycles. The van der Waals surface area contributed by atoms with Crippen molar-refractivity contribution < 1.29 is 4.42 Å². The van der Waals surface area contributed by atoms with Gasteiger partial charge in [-0.2, -0.15) is 0 Å². The molecule has 0 N–H and O–H groups in total. The maximum atomic E-state index is 6.74. The van der Waals surface area contributed by atoms with Crippen molar-refractivity contribution >= 4 is 49.8 Å². The fourth-order valence-corrected chi connectivity index (χ4v) is 7.94. The number of hydrogen-bond acceptors (Lipinski definition) is 2. The van der Waals surface area contributed by atoms with Gasteiger partial charge in [-0.25, -0.2) is 0 Å². The zero-order valence-corrected chi connectivity index (χ0v) is 29.6. The summed E-state index contributed by atoms with van der Waals surface area (Å²) in [6, 6.07) is 75.9. The third-order valence-electron chi connectivity index (χ3n) is 10.5. The van der Waals surface area contributed by atoms with E-state index in [1.807, 2.05) is 6.07 Å². The Balaban J connectivity index is 1.24. The molecule has 10 rings (SSSR count). The molecule has 9 aromatic carbocycles. The maximum absolute atomic E-state index is 6.74. The third-order valence-corrected chi connectivity index (χ3v) is 10.5. The van der Waals surface area contributed by atoms with Gasteiger partial charge in [0.15, 0.2) is 5.58 Å². The number of furan rings is 1. The van der Waals surface area contributed by atoms with Crippen LogP contribution < -0.4 is 4.90 Å². The highest BCUT2D eigenvalue weighted by Gasteiger charge is 2.23. The van der Waals surface area contributed by atoms with Gasteiger partial charge in [-0.05, 0) is 86.1 Å². The van der Waals surface area contributed by atoms with E-state index in [2.05, 4.69) is 211 Å². The number of para-hydroxylation sites is 3. The van der Waals surface area contributed by atoms with E-state index in [-0.39, 0.29) is 0 Å². The molecule has 1 heterocycles. The van der Waals surface area contributed by atoms with Crippen LogP contribution in [0.2, 0.25) is 0 Å². The molecule has 0 radical (unpaired) electrons. The molecular weight excluding hydrogens is 655 g/mol. The lowest BCUT2D eigenvalue weighted by Crippen LogP contribution is -2.12. The molecule has 0 unspecified atom stereocenters. The lowest BCUT2D eigenvalue weighted by molar-refractivity contribution is 0.669. The van der Waals surface area contributed by atoms with Crippen molar-refractivity contribution in [2.24, 2.45) is 0 Å². The first kappa shape index (κ1) is 31.6. The summed E-state index contributed by atoms with van der Waals surface area (Å²) in [5, 5.41) is 4.63. The van der Waals surface area contributed by atoms with E-state index >= 15 is 0 Å². The predicted molar refractivity (Wildman–Crippen MR) is 228 cm³/mol. The quantitative estimate of drug-likeness (QED) is 0.166. The Kier molecular flexibility index (Phi) is 7.85. The van der Waals surface area contributed by atoms with Crippen LogP contribution >= 0.6 is 0 Å². The van der Waals surface area contributed by atoms with Crippen LogP contribution in [0.5, 0.6) is 0 Å². The summed E-state index contributed by atoms with van der Waals surface area (Å²) < 4.78 is 6.74. The van der Waals surface area contributed by atoms with Crippen LogP contribution in [0.3, 0.4) is 0 Å². The first-order chi connectivity index (χ1) is 26.8. The minimum absolute atomic E-state index is 0.853. The molecule has 0 saturated carbocycles. The van der Waals surface area contributed by atoms with Crippen molar-refractivity contribution in [3.8, 4) is 44.5 Å². The maximum Gasteiger partial charge on any atom is 0.159 e. The summed E-state index contributed by atoms with van der Waals surface area (Å²) in [6.45, 7) is 0. The molecule has 0 aliphatic rings. The summed E-state index contributed by atoms with van der Waals surface area (Å²) in [6.07, 6.45) is 0. The normalized spacial score (nSPS) is 11.3. The van der Waals surface area contributed by atoms with E-state index in [1.54, 1.807) is 0 Å². The van der Waals surface area contributed by atoms with Gasteiger partial charge in [-0.1, -0.05) is 176 Å². The highest BCUT2D eigenvalue weighted by molar-refractivity contribution is 6.11. The van der Waals surface area contributed by atoms with Crippen LogP contribution in [0.25, 0.3) is 77.2 Å². The second-order valence-corrected chi connectivity index (χ2v) is 13.7. The third kappa shape index (κ3) is 5.53.